The molecule has 0 aliphatic carbocycles. The number of benzene rings is 1. The van der Waals surface area contributed by atoms with Crippen molar-refractivity contribution in [1.29, 1.82) is 0 Å². The summed E-state index contributed by atoms with van der Waals surface area (Å²) in [6.07, 6.45) is 0. The minimum Gasteiger partial charge on any atom is -0.345 e. The molecular weight excluding hydrogens is 270 g/mol. The highest BCUT2D eigenvalue weighted by atomic mass is 32.1. The Labute approximate surface area is 125 Å². The Kier molecular flexibility index (Phi) is 4.60. The molecule has 1 aromatic carbocycles. The van der Waals surface area contributed by atoms with E-state index in [1.807, 2.05) is 17.0 Å². The van der Waals surface area contributed by atoms with Gasteiger partial charge in [-0.05, 0) is 43.3 Å². The van der Waals surface area contributed by atoms with Gasteiger partial charge in [-0.2, -0.15) is 0 Å². The van der Waals surface area contributed by atoms with Crippen LogP contribution in [0.25, 0.3) is 0 Å². The summed E-state index contributed by atoms with van der Waals surface area (Å²) in [7, 11) is 0. The highest BCUT2D eigenvalue weighted by molar-refractivity contribution is 7.80. The summed E-state index contributed by atoms with van der Waals surface area (Å²) in [6, 6.07) is 6.16. The second-order valence-corrected chi connectivity index (χ2v) is 5.56. The third-order valence-corrected chi connectivity index (χ3v) is 4.22. The summed E-state index contributed by atoms with van der Waals surface area (Å²) < 4.78 is 0. The van der Waals surface area contributed by atoms with E-state index in [1.165, 1.54) is 11.1 Å². The topological polar surface area (TPSA) is 35.6 Å². The van der Waals surface area contributed by atoms with Crippen molar-refractivity contribution in [3.8, 4) is 0 Å². The van der Waals surface area contributed by atoms with Gasteiger partial charge in [-0.3, -0.25) is 4.79 Å². The molecule has 108 valence electrons. The number of anilines is 1. The van der Waals surface area contributed by atoms with Crippen molar-refractivity contribution in [3.05, 3.63) is 29.3 Å². The van der Waals surface area contributed by atoms with Crippen molar-refractivity contribution in [2.75, 3.05) is 31.5 Å². The van der Waals surface area contributed by atoms with Gasteiger partial charge in [0.15, 0.2) is 5.11 Å². The molecule has 0 bridgehead atoms. The maximum absolute atomic E-state index is 11.3. The van der Waals surface area contributed by atoms with Gasteiger partial charge in [0, 0.05) is 38.8 Å². The Morgan fingerprint density at radius 2 is 1.75 bits per heavy atom. The molecule has 1 saturated heterocycles. The average Bonchev–Trinajstić information content (AvgIpc) is 2.44. The SMILES string of the molecule is CC(=O)N1CCN(C(=S)Nc2cccc(C)c2C)CC1. The summed E-state index contributed by atoms with van der Waals surface area (Å²) in [6.45, 7) is 8.85. The first-order chi connectivity index (χ1) is 9.49. The smallest absolute Gasteiger partial charge is 0.219 e. The second kappa shape index (κ2) is 6.22. The van der Waals surface area contributed by atoms with Crippen LogP contribution in [0.4, 0.5) is 5.69 Å². The van der Waals surface area contributed by atoms with E-state index < -0.39 is 0 Å². The Hall–Kier alpha value is -1.62. The van der Waals surface area contributed by atoms with E-state index >= 15 is 0 Å². The number of carbonyl (C=O) groups is 1. The Morgan fingerprint density at radius 1 is 1.15 bits per heavy atom. The van der Waals surface area contributed by atoms with Crippen LogP contribution in [-0.4, -0.2) is 47.0 Å². The van der Waals surface area contributed by atoms with E-state index in [0.29, 0.717) is 0 Å². The highest BCUT2D eigenvalue weighted by Crippen LogP contribution is 2.18. The van der Waals surface area contributed by atoms with Gasteiger partial charge in [0.1, 0.15) is 0 Å². The summed E-state index contributed by atoms with van der Waals surface area (Å²) in [5, 5.41) is 4.06. The van der Waals surface area contributed by atoms with E-state index in [-0.39, 0.29) is 5.91 Å². The fraction of sp³-hybridized carbons (Fsp3) is 0.467. The number of rotatable bonds is 1. The lowest BCUT2D eigenvalue weighted by Crippen LogP contribution is -2.51. The number of piperazine rings is 1. The highest BCUT2D eigenvalue weighted by Gasteiger charge is 2.20. The van der Waals surface area contributed by atoms with Gasteiger partial charge in [0.25, 0.3) is 0 Å². The predicted octanol–water partition coefficient (Wildman–Crippen LogP) is 2.16. The molecule has 4 nitrogen and oxygen atoms in total. The third-order valence-electron chi connectivity index (χ3n) is 3.86. The van der Waals surface area contributed by atoms with Crippen LogP contribution in [0.2, 0.25) is 0 Å². The van der Waals surface area contributed by atoms with Gasteiger partial charge >= 0.3 is 0 Å². The molecule has 0 saturated carbocycles. The van der Waals surface area contributed by atoms with E-state index in [1.54, 1.807) is 6.92 Å². The molecule has 1 N–H and O–H groups in total. The van der Waals surface area contributed by atoms with Gasteiger partial charge in [-0.25, -0.2) is 0 Å². The first-order valence-electron chi connectivity index (χ1n) is 6.86. The fourth-order valence-corrected chi connectivity index (χ4v) is 2.60. The number of amides is 1. The minimum atomic E-state index is 0.137. The van der Waals surface area contributed by atoms with Crippen molar-refractivity contribution in [2.45, 2.75) is 20.8 Å². The molecule has 0 radical (unpaired) electrons. The number of thiocarbonyl (C=S) groups is 1. The van der Waals surface area contributed by atoms with Gasteiger partial charge in [0.05, 0.1) is 0 Å². The summed E-state index contributed by atoms with van der Waals surface area (Å²) in [5.74, 6) is 0.137. The van der Waals surface area contributed by atoms with Crippen molar-refractivity contribution >= 4 is 28.9 Å². The molecule has 5 heteroatoms. The van der Waals surface area contributed by atoms with Gasteiger partial charge in [-0.15, -0.1) is 0 Å². The molecule has 0 spiro atoms. The van der Waals surface area contributed by atoms with Gasteiger partial charge < -0.3 is 15.1 Å². The zero-order valence-corrected chi connectivity index (χ0v) is 13.1. The standard InChI is InChI=1S/C15H21N3OS/c1-11-5-4-6-14(12(11)2)16-15(20)18-9-7-17(8-10-18)13(3)19/h4-6H,7-10H2,1-3H3,(H,16,20). The normalized spacial score (nSPS) is 15.2. The largest absolute Gasteiger partial charge is 0.345 e. The van der Waals surface area contributed by atoms with Crippen LogP contribution >= 0.6 is 12.2 Å². The Morgan fingerprint density at radius 3 is 2.35 bits per heavy atom. The molecule has 1 fully saturated rings. The number of nitrogens with one attached hydrogen (secondary N) is 1. The third kappa shape index (κ3) is 3.28. The lowest BCUT2D eigenvalue weighted by molar-refractivity contribution is -0.130. The Balaban J connectivity index is 1.96. The molecule has 1 aliphatic rings. The summed E-state index contributed by atoms with van der Waals surface area (Å²) in [4.78, 5) is 15.3. The maximum Gasteiger partial charge on any atom is 0.219 e. The fourth-order valence-electron chi connectivity index (χ4n) is 2.31. The molecule has 1 aromatic rings. The van der Waals surface area contributed by atoms with E-state index in [4.69, 9.17) is 12.2 Å². The number of hydrogen-bond acceptors (Lipinski definition) is 2. The second-order valence-electron chi connectivity index (χ2n) is 5.17. The van der Waals surface area contributed by atoms with Crippen LogP contribution in [0, 0.1) is 13.8 Å². The number of nitrogens with zero attached hydrogens (tertiary/aromatic N) is 2. The molecule has 0 atom stereocenters. The van der Waals surface area contributed by atoms with Crippen LogP contribution in [0.5, 0.6) is 0 Å². The van der Waals surface area contributed by atoms with Crippen LogP contribution < -0.4 is 5.32 Å². The molecule has 1 amide bonds. The van der Waals surface area contributed by atoms with Gasteiger partial charge in [-0.1, -0.05) is 12.1 Å². The quantitative estimate of drug-likeness (QED) is 0.804. The zero-order valence-electron chi connectivity index (χ0n) is 12.3. The van der Waals surface area contributed by atoms with Crippen LogP contribution in [0.1, 0.15) is 18.1 Å². The molecule has 0 aromatic heterocycles. The molecule has 2 rings (SSSR count). The maximum atomic E-state index is 11.3. The minimum absolute atomic E-state index is 0.137. The van der Waals surface area contributed by atoms with E-state index in [9.17, 15) is 4.79 Å². The summed E-state index contributed by atoms with van der Waals surface area (Å²) >= 11 is 5.47. The number of aryl methyl sites for hydroxylation is 1. The lowest BCUT2D eigenvalue weighted by Gasteiger charge is -2.35. The average molecular weight is 291 g/mol. The molecule has 0 unspecified atom stereocenters. The van der Waals surface area contributed by atoms with Crippen molar-refractivity contribution in [1.82, 2.24) is 9.80 Å². The number of hydrogen-bond donors (Lipinski definition) is 1. The van der Waals surface area contributed by atoms with Crippen molar-refractivity contribution in [3.63, 3.8) is 0 Å². The number of carbonyl (C=O) groups excluding carboxylic acids is 1. The van der Waals surface area contributed by atoms with E-state index in [2.05, 4.69) is 30.1 Å². The lowest BCUT2D eigenvalue weighted by atomic mass is 10.1. The molecule has 1 heterocycles. The summed E-state index contributed by atoms with van der Waals surface area (Å²) in [5.41, 5.74) is 3.53. The first kappa shape index (κ1) is 14.8. The molecule has 20 heavy (non-hydrogen) atoms. The van der Waals surface area contributed by atoms with Crippen LogP contribution in [-0.2, 0) is 4.79 Å². The predicted molar refractivity (Wildman–Crippen MR) is 86.0 cm³/mol. The monoisotopic (exact) mass is 291 g/mol. The van der Waals surface area contributed by atoms with Crippen molar-refractivity contribution in [2.24, 2.45) is 0 Å². The van der Waals surface area contributed by atoms with Crippen LogP contribution in [0.3, 0.4) is 0 Å². The zero-order chi connectivity index (χ0) is 14.7. The first-order valence-corrected chi connectivity index (χ1v) is 7.27. The van der Waals surface area contributed by atoms with Crippen molar-refractivity contribution < 1.29 is 4.79 Å². The Bertz CT molecular complexity index is 522. The van der Waals surface area contributed by atoms with Crippen LogP contribution in [0.15, 0.2) is 18.2 Å². The molecule has 1 aliphatic heterocycles. The van der Waals surface area contributed by atoms with Gasteiger partial charge in [0.2, 0.25) is 5.91 Å². The van der Waals surface area contributed by atoms with E-state index in [0.717, 1.165) is 37.0 Å². The molecular formula is C15H21N3OS.